The van der Waals surface area contributed by atoms with E-state index >= 15 is 0 Å². The van der Waals surface area contributed by atoms with Gasteiger partial charge in [0.25, 0.3) is 0 Å². The van der Waals surface area contributed by atoms with E-state index in [1.54, 1.807) is 0 Å². The van der Waals surface area contributed by atoms with Gasteiger partial charge in [-0.05, 0) is 43.9 Å². The molecule has 0 radical (unpaired) electrons. The van der Waals surface area contributed by atoms with E-state index < -0.39 is 0 Å². The summed E-state index contributed by atoms with van der Waals surface area (Å²) in [6.07, 6.45) is 9.84. The first-order valence-electron chi connectivity index (χ1n) is 8.75. The second kappa shape index (κ2) is 5.89. The molecule has 0 saturated heterocycles. The van der Waals surface area contributed by atoms with E-state index in [2.05, 4.69) is 25.4 Å². The molecule has 120 valence electrons. The van der Waals surface area contributed by atoms with Gasteiger partial charge in [-0.15, -0.1) is 10.2 Å². The Hall–Kier alpha value is -1.59. The number of aromatic nitrogens is 3. The topological polar surface area (TPSA) is 71.8 Å². The van der Waals surface area contributed by atoms with Gasteiger partial charge in [-0.1, -0.05) is 12.8 Å². The molecule has 2 aliphatic carbocycles. The Bertz CT molecular complexity index is 551. The number of hydrogen-bond acceptors (Lipinski definition) is 3. The second-order valence-electron chi connectivity index (χ2n) is 7.08. The molecule has 2 atom stereocenters. The fourth-order valence-electron chi connectivity index (χ4n) is 4.09. The fraction of sp³-hybridized carbons (Fsp3) is 0.812. The Balaban J connectivity index is 1.25. The molecule has 2 saturated carbocycles. The highest BCUT2D eigenvalue weighted by molar-refractivity contribution is 5.74. The molecule has 2 heterocycles. The van der Waals surface area contributed by atoms with Gasteiger partial charge >= 0.3 is 6.03 Å². The Morgan fingerprint density at radius 3 is 2.91 bits per heavy atom. The van der Waals surface area contributed by atoms with E-state index in [-0.39, 0.29) is 6.03 Å². The number of aryl methyl sites for hydroxylation is 1. The summed E-state index contributed by atoms with van der Waals surface area (Å²) in [5.74, 6) is 3.73. The molecule has 4 rings (SSSR count). The van der Waals surface area contributed by atoms with Crippen molar-refractivity contribution in [2.45, 2.75) is 70.5 Å². The van der Waals surface area contributed by atoms with E-state index in [4.69, 9.17) is 0 Å². The lowest BCUT2D eigenvalue weighted by molar-refractivity contribution is 0.220. The van der Waals surface area contributed by atoms with E-state index in [9.17, 15) is 4.79 Å². The first-order chi connectivity index (χ1) is 10.8. The quantitative estimate of drug-likeness (QED) is 0.893. The SMILES string of the molecule is O=C(NCc1nnc2n1CCC2)N[C@H]1CCC[C@H](C2CC2)C1. The molecule has 2 N–H and O–H groups in total. The van der Waals surface area contributed by atoms with Crippen LogP contribution in [0, 0.1) is 11.8 Å². The number of amides is 2. The number of nitrogens with zero attached hydrogens (tertiary/aromatic N) is 3. The molecule has 6 heteroatoms. The van der Waals surface area contributed by atoms with Gasteiger partial charge in [0.15, 0.2) is 5.82 Å². The summed E-state index contributed by atoms with van der Waals surface area (Å²) in [7, 11) is 0. The summed E-state index contributed by atoms with van der Waals surface area (Å²) in [6, 6.07) is 0.292. The van der Waals surface area contributed by atoms with Gasteiger partial charge in [0.05, 0.1) is 6.54 Å². The zero-order chi connectivity index (χ0) is 14.9. The van der Waals surface area contributed by atoms with E-state index in [0.29, 0.717) is 12.6 Å². The highest BCUT2D eigenvalue weighted by atomic mass is 16.2. The molecule has 0 bridgehead atoms. The maximum absolute atomic E-state index is 12.1. The number of urea groups is 1. The van der Waals surface area contributed by atoms with Gasteiger partial charge in [0.2, 0.25) is 0 Å². The first-order valence-corrected chi connectivity index (χ1v) is 8.75. The molecule has 0 spiro atoms. The van der Waals surface area contributed by atoms with Crippen molar-refractivity contribution < 1.29 is 4.79 Å². The van der Waals surface area contributed by atoms with E-state index in [0.717, 1.165) is 49.3 Å². The molecule has 6 nitrogen and oxygen atoms in total. The zero-order valence-corrected chi connectivity index (χ0v) is 13.1. The minimum atomic E-state index is -0.0585. The van der Waals surface area contributed by atoms with Gasteiger partial charge in [-0.3, -0.25) is 0 Å². The van der Waals surface area contributed by atoms with Crippen LogP contribution in [0.1, 0.15) is 56.6 Å². The van der Waals surface area contributed by atoms with Crippen LogP contribution in [0.4, 0.5) is 4.79 Å². The summed E-state index contributed by atoms with van der Waals surface area (Å²) in [5.41, 5.74) is 0. The predicted molar refractivity (Wildman–Crippen MR) is 82.2 cm³/mol. The maximum atomic E-state index is 12.1. The van der Waals surface area contributed by atoms with Gasteiger partial charge in [-0.2, -0.15) is 0 Å². The molecular formula is C16H25N5O. The molecule has 1 aliphatic heterocycles. The molecule has 0 aromatic carbocycles. The van der Waals surface area contributed by atoms with Crippen molar-refractivity contribution in [1.82, 2.24) is 25.4 Å². The number of rotatable bonds is 4. The summed E-state index contributed by atoms with van der Waals surface area (Å²) in [4.78, 5) is 12.1. The average molecular weight is 303 g/mol. The van der Waals surface area contributed by atoms with Crippen molar-refractivity contribution in [3.8, 4) is 0 Å². The average Bonchev–Trinajstić information content (AvgIpc) is 3.14. The van der Waals surface area contributed by atoms with Crippen LogP contribution < -0.4 is 10.6 Å². The molecular weight excluding hydrogens is 278 g/mol. The number of fused-ring (bicyclic) bond motifs is 1. The Kier molecular flexibility index (Phi) is 3.76. The molecule has 2 fully saturated rings. The van der Waals surface area contributed by atoms with Crippen molar-refractivity contribution in [2.24, 2.45) is 11.8 Å². The monoisotopic (exact) mass is 303 g/mol. The molecule has 22 heavy (non-hydrogen) atoms. The molecule has 3 aliphatic rings. The smallest absolute Gasteiger partial charge is 0.315 e. The van der Waals surface area contributed by atoms with E-state index in [1.165, 1.54) is 32.1 Å². The van der Waals surface area contributed by atoms with Crippen LogP contribution in [0.25, 0.3) is 0 Å². The minimum absolute atomic E-state index is 0.0585. The van der Waals surface area contributed by atoms with Crippen molar-refractivity contribution in [1.29, 1.82) is 0 Å². The first kappa shape index (κ1) is 14.0. The highest BCUT2D eigenvalue weighted by Gasteiger charge is 2.35. The van der Waals surface area contributed by atoms with Gasteiger partial charge < -0.3 is 15.2 Å². The summed E-state index contributed by atoms with van der Waals surface area (Å²) >= 11 is 0. The zero-order valence-electron chi connectivity index (χ0n) is 13.1. The number of carbonyl (C=O) groups is 1. The van der Waals surface area contributed by atoms with Crippen LogP contribution in [0.3, 0.4) is 0 Å². The fourth-order valence-corrected chi connectivity index (χ4v) is 4.09. The van der Waals surface area contributed by atoms with Crippen molar-refractivity contribution in [3.63, 3.8) is 0 Å². The lowest BCUT2D eigenvalue weighted by Gasteiger charge is -2.29. The van der Waals surface area contributed by atoms with E-state index in [1.807, 2.05) is 0 Å². The largest absolute Gasteiger partial charge is 0.335 e. The van der Waals surface area contributed by atoms with Gasteiger partial charge in [0.1, 0.15) is 5.82 Å². The lowest BCUT2D eigenvalue weighted by Crippen LogP contribution is -2.44. The molecule has 2 amide bonds. The third kappa shape index (κ3) is 2.96. The van der Waals surface area contributed by atoms with Crippen LogP contribution in [-0.2, 0) is 19.5 Å². The lowest BCUT2D eigenvalue weighted by atomic mass is 9.83. The Labute approximate surface area is 131 Å². The minimum Gasteiger partial charge on any atom is -0.335 e. The second-order valence-corrected chi connectivity index (χ2v) is 7.08. The Morgan fingerprint density at radius 1 is 1.14 bits per heavy atom. The summed E-state index contributed by atoms with van der Waals surface area (Å²) in [6.45, 7) is 1.45. The third-order valence-electron chi connectivity index (χ3n) is 5.43. The number of nitrogens with one attached hydrogen (secondary N) is 2. The van der Waals surface area contributed by atoms with Gasteiger partial charge in [-0.25, -0.2) is 4.79 Å². The van der Waals surface area contributed by atoms with Crippen LogP contribution in [-0.4, -0.2) is 26.8 Å². The molecule has 0 unspecified atom stereocenters. The van der Waals surface area contributed by atoms with Crippen molar-refractivity contribution in [3.05, 3.63) is 11.6 Å². The summed E-state index contributed by atoms with van der Waals surface area (Å²) in [5, 5.41) is 14.4. The van der Waals surface area contributed by atoms with Crippen LogP contribution >= 0.6 is 0 Å². The van der Waals surface area contributed by atoms with Crippen LogP contribution in [0.2, 0.25) is 0 Å². The Morgan fingerprint density at radius 2 is 2.05 bits per heavy atom. The molecule has 1 aromatic rings. The highest BCUT2D eigenvalue weighted by Crippen LogP contribution is 2.43. The van der Waals surface area contributed by atoms with Crippen molar-refractivity contribution >= 4 is 6.03 Å². The van der Waals surface area contributed by atoms with Crippen molar-refractivity contribution in [2.75, 3.05) is 0 Å². The number of carbonyl (C=O) groups excluding carboxylic acids is 1. The van der Waals surface area contributed by atoms with Crippen LogP contribution in [0.15, 0.2) is 0 Å². The summed E-state index contributed by atoms with van der Waals surface area (Å²) < 4.78 is 2.13. The number of hydrogen-bond donors (Lipinski definition) is 2. The normalized spacial score (nSPS) is 27.5. The third-order valence-corrected chi connectivity index (χ3v) is 5.43. The molecule has 1 aromatic heterocycles. The standard InChI is InChI=1S/C16H25N5O/c22-16(17-10-15-20-19-14-5-2-8-21(14)15)18-13-4-1-3-12(9-13)11-6-7-11/h11-13H,1-10H2,(H2,17,18,22)/t12-,13-/m0/s1. The van der Waals surface area contributed by atoms with Crippen LogP contribution in [0.5, 0.6) is 0 Å². The predicted octanol–water partition coefficient (Wildman–Crippen LogP) is 1.99. The van der Waals surface area contributed by atoms with Gasteiger partial charge in [0, 0.05) is 19.0 Å². The maximum Gasteiger partial charge on any atom is 0.315 e.